The zero-order valence-corrected chi connectivity index (χ0v) is 11.6. The predicted molar refractivity (Wildman–Crippen MR) is 66.5 cm³/mol. The van der Waals surface area contributed by atoms with Gasteiger partial charge in [-0.3, -0.25) is 0 Å². The minimum atomic E-state index is -1.73. The number of aliphatic hydroxyl groups is 1. The van der Waals surface area contributed by atoms with Crippen molar-refractivity contribution in [1.29, 1.82) is 0 Å². The fourth-order valence-electron chi connectivity index (χ4n) is 1.47. The number of hydrogen-bond donors (Lipinski definition) is 1. The van der Waals surface area contributed by atoms with Crippen molar-refractivity contribution >= 4 is 8.32 Å². The number of rotatable bonds is 2. The summed E-state index contributed by atoms with van der Waals surface area (Å²) >= 11 is 0. The van der Waals surface area contributed by atoms with Crippen LogP contribution in [0.3, 0.4) is 0 Å². The lowest BCUT2D eigenvalue weighted by molar-refractivity contribution is 0.0469. The van der Waals surface area contributed by atoms with Crippen LogP contribution in [-0.2, 0) is 4.43 Å². The van der Waals surface area contributed by atoms with E-state index < -0.39 is 14.4 Å². The van der Waals surface area contributed by atoms with Gasteiger partial charge in [0.2, 0.25) is 0 Å². The van der Waals surface area contributed by atoms with Crippen LogP contribution in [0.2, 0.25) is 18.1 Å². The molecule has 3 heteroatoms. The molecule has 2 nitrogen and oxygen atoms in total. The smallest absolute Gasteiger partial charge is 0.192 e. The Hall–Kier alpha value is -0.123. The van der Waals surface area contributed by atoms with Crippen LogP contribution in [0, 0.1) is 0 Å². The molecule has 0 aromatic heterocycles. The fourth-order valence-corrected chi connectivity index (χ4v) is 2.84. The summed E-state index contributed by atoms with van der Waals surface area (Å²) in [4.78, 5) is 0. The monoisotopic (exact) mass is 228 g/mol. The van der Waals surface area contributed by atoms with Gasteiger partial charge in [0.05, 0.1) is 12.2 Å². The minimum absolute atomic E-state index is 0.0101. The Labute approximate surface area is 94.5 Å². The molecule has 1 N–H and O–H groups in total. The minimum Gasteiger partial charge on any atom is -0.411 e. The maximum atomic E-state index is 9.81. The molecule has 0 bridgehead atoms. The molecule has 1 aliphatic carbocycles. The third-order valence-electron chi connectivity index (χ3n) is 3.58. The van der Waals surface area contributed by atoms with Crippen LogP contribution in [-0.4, -0.2) is 25.6 Å². The standard InChI is InChI=1S/C12H24O2Si/c1-12(2,3)15(4,5)14-11-9-7-6-8-10(11)13/h6,8,10-11,13H,7,9H2,1-5H3/t10-,11+/m1/s1. The summed E-state index contributed by atoms with van der Waals surface area (Å²) < 4.78 is 6.19. The van der Waals surface area contributed by atoms with Gasteiger partial charge in [0.1, 0.15) is 0 Å². The van der Waals surface area contributed by atoms with E-state index in [9.17, 15) is 5.11 Å². The Kier molecular flexibility index (Phi) is 3.79. The molecule has 1 aliphatic rings. The molecule has 1 rings (SSSR count). The van der Waals surface area contributed by atoms with E-state index in [-0.39, 0.29) is 11.1 Å². The number of aliphatic hydroxyl groups excluding tert-OH is 1. The SMILES string of the molecule is CC(C)(C)[Si](C)(C)O[C@H]1CCC=C[C@H]1O. The third-order valence-corrected chi connectivity index (χ3v) is 8.09. The second kappa shape index (κ2) is 4.40. The van der Waals surface area contributed by atoms with Crippen LogP contribution in [0.25, 0.3) is 0 Å². The Morgan fingerprint density at radius 1 is 1.33 bits per heavy atom. The summed E-state index contributed by atoms with van der Waals surface area (Å²) in [5.74, 6) is 0. The third kappa shape index (κ3) is 3.16. The van der Waals surface area contributed by atoms with Crippen LogP contribution in [0.15, 0.2) is 12.2 Å². The van der Waals surface area contributed by atoms with E-state index >= 15 is 0 Å². The lowest BCUT2D eigenvalue weighted by Gasteiger charge is -2.40. The number of hydrogen-bond acceptors (Lipinski definition) is 2. The van der Waals surface area contributed by atoms with Gasteiger partial charge in [0, 0.05) is 0 Å². The first-order valence-electron chi connectivity index (χ1n) is 5.76. The van der Waals surface area contributed by atoms with Crippen molar-refractivity contribution < 1.29 is 9.53 Å². The molecule has 88 valence electrons. The van der Waals surface area contributed by atoms with E-state index in [0.717, 1.165) is 12.8 Å². The first-order valence-corrected chi connectivity index (χ1v) is 8.67. The molecule has 0 unspecified atom stereocenters. The molecule has 2 atom stereocenters. The van der Waals surface area contributed by atoms with E-state index in [2.05, 4.69) is 33.9 Å². The predicted octanol–water partition coefficient (Wildman–Crippen LogP) is 3.09. The van der Waals surface area contributed by atoms with Crippen LogP contribution in [0.4, 0.5) is 0 Å². The molecule has 0 aromatic rings. The molecule has 0 aliphatic heterocycles. The molecular weight excluding hydrogens is 204 g/mol. The second-order valence-electron chi connectivity index (χ2n) is 5.91. The van der Waals surface area contributed by atoms with Crippen molar-refractivity contribution in [3.05, 3.63) is 12.2 Å². The van der Waals surface area contributed by atoms with Gasteiger partial charge in [-0.2, -0.15) is 0 Å². The first-order chi connectivity index (χ1) is 6.74. The normalized spacial score (nSPS) is 28.1. The van der Waals surface area contributed by atoms with Crippen LogP contribution in [0.1, 0.15) is 33.6 Å². The van der Waals surface area contributed by atoms with Crippen LogP contribution >= 0.6 is 0 Å². The molecule has 0 radical (unpaired) electrons. The lowest BCUT2D eigenvalue weighted by atomic mass is 10.0. The Morgan fingerprint density at radius 3 is 2.40 bits per heavy atom. The zero-order chi connectivity index (χ0) is 11.7. The molecule has 15 heavy (non-hydrogen) atoms. The molecule has 0 saturated carbocycles. The molecule has 0 amide bonds. The van der Waals surface area contributed by atoms with Crippen molar-refractivity contribution in [1.82, 2.24) is 0 Å². The van der Waals surface area contributed by atoms with Crippen LogP contribution < -0.4 is 0 Å². The van der Waals surface area contributed by atoms with Crippen molar-refractivity contribution in [2.75, 3.05) is 0 Å². The van der Waals surface area contributed by atoms with Gasteiger partial charge in [-0.1, -0.05) is 32.9 Å². The van der Waals surface area contributed by atoms with E-state index in [1.807, 2.05) is 12.2 Å². The highest BCUT2D eigenvalue weighted by Gasteiger charge is 2.40. The van der Waals surface area contributed by atoms with Crippen LogP contribution in [0.5, 0.6) is 0 Å². The van der Waals surface area contributed by atoms with Crippen molar-refractivity contribution in [3.8, 4) is 0 Å². The fraction of sp³-hybridized carbons (Fsp3) is 0.833. The maximum Gasteiger partial charge on any atom is 0.192 e. The van der Waals surface area contributed by atoms with Crippen molar-refractivity contribution in [3.63, 3.8) is 0 Å². The quantitative estimate of drug-likeness (QED) is 0.581. The molecular formula is C12H24O2Si. The highest BCUT2D eigenvalue weighted by atomic mass is 28.4. The number of allylic oxidation sites excluding steroid dienone is 1. The molecule has 0 aromatic carbocycles. The zero-order valence-electron chi connectivity index (χ0n) is 10.6. The van der Waals surface area contributed by atoms with Gasteiger partial charge in [0.25, 0.3) is 0 Å². The van der Waals surface area contributed by atoms with Gasteiger partial charge in [0.15, 0.2) is 8.32 Å². The van der Waals surface area contributed by atoms with E-state index in [4.69, 9.17) is 4.43 Å². The average molecular weight is 228 g/mol. The second-order valence-corrected chi connectivity index (χ2v) is 10.7. The van der Waals surface area contributed by atoms with Gasteiger partial charge in [-0.05, 0) is 31.0 Å². The van der Waals surface area contributed by atoms with Crippen molar-refractivity contribution in [2.45, 2.75) is 64.0 Å². The van der Waals surface area contributed by atoms with Crippen molar-refractivity contribution in [2.24, 2.45) is 0 Å². The maximum absolute atomic E-state index is 9.81. The lowest BCUT2D eigenvalue weighted by Crippen LogP contribution is -2.47. The summed E-state index contributed by atoms with van der Waals surface area (Å²) in [5, 5.41) is 10.0. The topological polar surface area (TPSA) is 29.5 Å². The first kappa shape index (κ1) is 12.9. The highest BCUT2D eigenvalue weighted by Crippen LogP contribution is 2.38. The van der Waals surface area contributed by atoms with Gasteiger partial charge >= 0.3 is 0 Å². The Bertz CT molecular complexity index is 240. The summed E-state index contributed by atoms with van der Waals surface area (Å²) in [6, 6.07) is 0. The largest absolute Gasteiger partial charge is 0.411 e. The van der Waals surface area contributed by atoms with Gasteiger partial charge < -0.3 is 9.53 Å². The van der Waals surface area contributed by atoms with Gasteiger partial charge in [-0.15, -0.1) is 0 Å². The highest BCUT2D eigenvalue weighted by molar-refractivity contribution is 6.74. The summed E-state index contributed by atoms with van der Waals surface area (Å²) in [6.45, 7) is 11.1. The van der Waals surface area contributed by atoms with Gasteiger partial charge in [-0.25, -0.2) is 0 Å². The average Bonchev–Trinajstić information content (AvgIpc) is 2.06. The Morgan fingerprint density at radius 2 is 1.93 bits per heavy atom. The molecule has 0 saturated heterocycles. The van der Waals surface area contributed by atoms with E-state index in [1.54, 1.807) is 0 Å². The summed E-state index contributed by atoms with van der Waals surface area (Å²) in [5.41, 5.74) is 0. The molecule has 0 spiro atoms. The summed E-state index contributed by atoms with van der Waals surface area (Å²) in [6.07, 6.45) is 5.47. The Balaban J connectivity index is 2.65. The van der Waals surface area contributed by atoms with E-state index in [1.165, 1.54) is 0 Å². The molecule has 0 fully saturated rings. The summed E-state index contributed by atoms with van der Waals surface area (Å²) in [7, 11) is -1.73. The molecule has 0 heterocycles. The van der Waals surface area contributed by atoms with E-state index in [0.29, 0.717) is 0 Å².